The molecule has 0 amide bonds. The fraction of sp³-hybridized carbons (Fsp3) is 0.750. The average Bonchev–Trinajstić information content (AvgIpc) is 2.79. The first-order valence-corrected chi connectivity index (χ1v) is 6.39. The standard InChI is InChI=1S/C12H22N4O/c1-2-16-4-3-13-12(16)11-15-7-5-14(6-8-15)9-10-17/h3-4,17H,2,5-11H2,1H3. The number of rotatable bonds is 5. The number of aromatic nitrogens is 2. The Labute approximate surface area is 103 Å². The molecule has 1 aliphatic heterocycles. The van der Waals surface area contributed by atoms with Crippen molar-refractivity contribution in [3.8, 4) is 0 Å². The normalized spacial score (nSPS) is 18.7. The molecule has 1 saturated heterocycles. The lowest BCUT2D eigenvalue weighted by molar-refractivity contribution is 0.106. The monoisotopic (exact) mass is 238 g/mol. The van der Waals surface area contributed by atoms with Crippen LogP contribution in [-0.2, 0) is 13.1 Å². The van der Waals surface area contributed by atoms with Crippen molar-refractivity contribution in [2.45, 2.75) is 20.0 Å². The van der Waals surface area contributed by atoms with Gasteiger partial charge >= 0.3 is 0 Å². The second kappa shape index (κ2) is 6.14. The first-order chi connectivity index (χ1) is 8.33. The molecule has 0 bridgehead atoms. The van der Waals surface area contributed by atoms with Crippen LogP contribution >= 0.6 is 0 Å². The first kappa shape index (κ1) is 12.5. The summed E-state index contributed by atoms with van der Waals surface area (Å²) in [7, 11) is 0. The van der Waals surface area contributed by atoms with E-state index in [4.69, 9.17) is 5.11 Å². The van der Waals surface area contributed by atoms with Gasteiger partial charge in [-0.1, -0.05) is 0 Å². The zero-order chi connectivity index (χ0) is 12.1. The third-order valence-corrected chi connectivity index (χ3v) is 3.39. The summed E-state index contributed by atoms with van der Waals surface area (Å²) in [4.78, 5) is 9.15. The highest BCUT2D eigenvalue weighted by molar-refractivity contribution is 4.92. The maximum Gasteiger partial charge on any atom is 0.122 e. The van der Waals surface area contributed by atoms with Crippen LogP contribution < -0.4 is 0 Å². The zero-order valence-corrected chi connectivity index (χ0v) is 10.5. The second-order valence-electron chi connectivity index (χ2n) is 4.47. The summed E-state index contributed by atoms with van der Waals surface area (Å²) in [5.41, 5.74) is 0. The van der Waals surface area contributed by atoms with Crippen LogP contribution in [-0.4, -0.2) is 63.8 Å². The van der Waals surface area contributed by atoms with Crippen molar-refractivity contribution in [1.82, 2.24) is 19.4 Å². The Morgan fingerprint density at radius 2 is 1.94 bits per heavy atom. The van der Waals surface area contributed by atoms with Crippen molar-refractivity contribution in [1.29, 1.82) is 0 Å². The van der Waals surface area contributed by atoms with Crippen LogP contribution in [0.15, 0.2) is 12.4 Å². The van der Waals surface area contributed by atoms with Crippen LogP contribution in [0.2, 0.25) is 0 Å². The smallest absolute Gasteiger partial charge is 0.122 e. The van der Waals surface area contributed by atoms with Crippen LogP contribution in [0.1, 0.15) is 12.7 Å². The van der Waals surface area contributed by atoms with Gasteiger partial charge in [0.2, 0.25) is 0 Å². The first-order valence-electron chi connectivity index (χ1n) is 6.39. The molecule has 2 heterocycles. The minimum atomic E-state index is 0.264. The lowest BCUT2D eigenvalue weighted by Gasteiger charge is -2.34. The second-order valence-corrected chi connectivity index (χ2v) is 4.47. The zero-order valence-electron chi connectivity index (χ0n) is 10.5. The summed E-state index contributed by atoms with van der Waals surface area (Å²) in [5, 5.41) is 8.89. The molecule has 0 aromatic carbocycles. The molecule has 5 nitrogen and oxygen atoms in total. The van der Waals surface area contributed by atoms with E-state index >= 15 is 0 Å². The van der Waals surface area contributed by atoms with Crippen LogP contribution in [0.25, 0.3) is 0 Å². The van der Waals surface area contributed by atoms with Gasteiger partial charge < -0.3 is 9.67 Å². The number of aliphatic hydroxyl groups is 1. The van der Waals surface area contributed by atoms with Gasteiger partial charge in [-0.2, -0.15) is 0 Å². The van der Waals surface area contributed by atoms with Crippen molar-refractivity contribution in [3.05, 3.63) is 18.2 Å². The van der Waals surface area contributed by atoms with E-state index in [2.05, 4.69) is 26.3 Å². The fourth-order valence-electron chi connectivity index (χ4n) is 2.29. The summed E-state index contributed by atoms with van der Waals surface area (Å²) < 4.78 is 2.19. The van der Waals surface area contributed by atoms with Crippen LogP contribution in [0.3, 0.4) is 0 Å². The van der Waals surface area contributed by atoms with E-state index < -0.39 is 0 Å². The van der Waals surface area contributed by atoms with Crippen LogP contribution in [0.5, 0.6) is 0 Å². The van der Waals surface area contributed by atoms with Gasteiger partial charge in [-0.15, -0.1) is 0 Å². The molecule has 0 radical (unpaired) electrons. The molecule has 1 fully saturated rings. The van der Waals surface area contributed by atoms with Crippen molar-refractivity contribution < 1.29 is 5.11 Å². The molecular weight excluding hydrogens is 216 g/mol. The Kier molecular flexibility index (Phi) is 4.53. The number of aliphatic hydroxyl groups excluding tert-OH is 1. The Morgan fingerprint density at radius 1 is 1.24 bits per heavy atom. The van der Waals surface area contributed by atoms with E-state index in [1.54, 1.807) is 0 Å². The lowest BCUT2D eigenvalue weighted by Crippen LogP contribution is -2.46. The minimum Gasteiger partial charge on any atom is -0.395 e. The van der Waals surface area contributed by atoms with Gasteiger partial charge in [-0.25, -0.2) is 4.98 Å². The van der Waals surface area contributed by atoms with E-state index in [-0.39, 0.29) is 6.61 Å². The number of imidazole rings is 1. The summed E-state index contributed by atoms with van der Waals surface area (Å²) >= 11 is 0. The minimum absolute atomic E-state index is 0.264. The van der Waals surface area contributed by atoms with Gasteiger partial charge in [0.25, 0.3) is 0 Å². The largest absolute Gasteiger partial charge is 0.395 e. The number of nitrogens with zero attached hydrogens (tertiary/aromatic N) is 4. The Balaban J connectivity index is 1.82. The molecule has 0 unspecified atom stereocenters. The summed E-state index contributed by atoms with van der Waals surface area (Å²) in [6.45, 7) is 9.36. The van der Waals surface area contributed by atoms with Gasteiger partial charge in [0, 0.05) is 51.7 Å². The van der Waals surface area contributed by atoms with E-state index in [0.717, 1.165) is 51.6 Å². The summed E-state index contributed by atoms with van der Waals surface area (Å²) in [6, 6.07) is 0. The number of hydrogen-bond acceptors (Lipinski definition) is 4. The van der Waals surface area contributed by atoms with E-state index in [1.165, 1.54) is 0 Å². The van der Waals surface area contributed by atoms with Crippen molar-refractivity contribution in [2.24, 2.45) is 0 Å². The van der Waals surface area contributed by atoms with Crippen molar-refractivity contribution in [2.75, 3.05) is 39.3 Å². The predicted molar refractivity (Wildman–Crippen MR) is 66.7 cm³/mol. The quantitative estimate of drug-likeness (QED) is 0.785. The number of β-amino-alcohol motifs (C(OH)–C–C–N with tert-alkyl or cyclic N) is 1. The molecule has 1 aromatic rings. The molecule has 0 saturated carbocycles. The molecule has 5 heteroatoms. The van der Waals surface area contributed by atoms with E-state index in [9.17, 15) is 0 Å². The highest BCUT2D eigenvalue weighted by Gasteiger charge is 2.17. The van der Waals surface area contributed by atoms with E-state index in [1.807, 2.05) is 12.4 Å². The fourth-order valence-corrected chi connectivity index (χ4v) is 2.29. The topological polar surface area (TPSA) is 44.5 Å². The average molecular weight is 238 g/mol. The molecule has 1 aliphatic rings. The molecule has 2 rings (SSSR count). The molecule has 96 valence electrons. The molecule has 1 N–H and O–H groups in total. The maximum absolute atomic E-state index is 8.89. The molecular formula is C12H22N4O. The molecule has 17 heavy (non-hydrogen) atoms. The van der Waals surface area contributed by atoms with Crippen molar-refractivity contribution >= 4 is 0 Å². The lowest BCUT2D eigenvalue weighted by atomic mass is 10.3. The number of hydrogen-bond donors (Lipinski definition) is 1. The Bertz CT molecular complexity index is 331. The van der Waals surface area contributed by atoms with Gasteiger partial charge in [0.1, 0.15) is 5.82 Å². The molecule has 0 atom stereocenters. The van der Waals surface area contributed by atoms with Crippen molar-refractivity contribution in [3.63, 3.8) is 0 Å². The third-order valence-electron chi connectivity index (χ3n) is 3.39. The molecule has 0 spiro atoms. The van der Waals surface area contributed by atoms with Gasteiger partial charge in [0.05, 0.1) is 13.2 Å². The highest BCUT2D eigenvalue weighted by Crippen LogP contribution is 2.07. The Morgan fingerprint density at radius 3 is 2.59 bits per heavy atom. The number of aryl methyl sites for hydroxylation is 1. The Hall–Kier alpha value is -0.910. The summed E-state index contributed by atoms with van der Waals surface area (Å²) in [5.74, 6) is 1.16. The predicted octanol–water partition coefficient (Wildman–Crippen LogP) is 0.0129. The summed E-state index contributed by atoms with van der Waals surface area (Å²) in [6.07, 6.45) is 3.91. The van der Waals surface area contributed by atoms with Crippen LogP contribution in [0, 0.1) is 0 Å². The van der Waals surface area contributed by atoms with Gasteiger partial charge in [0.15, 0.2) is 0 Å². The number of piperazine rings is 1. The SMILES string of the molecule is CCn1ccnc1CN1CCN(CCO)CC1. The molecule has 0 aliphatic carbocycles. The van der Waals surface area contributed by atoms with E-state index in [0.29, 0.717) is 0 Å². The highest BCUT2D eigenvalue weighted by atomic mass is 16.3. The maximum atomic E-state index is 8.89. The van der Waals surface area contributed by atoms with Gasteiger partial charge in [-0.3, -0.25) is 9.80 Å². The van der Waals surface area contributed by atoms with Crippen LogP contribution in [0.4, 0.5) is 0 Å². The third kappa shape index (κ3) is 3.28. The van der Waals surface area contributed by atoms with Gasteiger partial charge in [-0.05, 0) is 6.92 Å². The molecule has 1 aromatic heterocycles.